The summed E-state index contributed by atoms with van der Waals surface area (Å²) in [6.45, 7) is 5.04. The summed E-state index contributed by atoms with van der Waals surface area (Å²) in [5.41, 5.74) is 2.06. The van der Waals surface area contributed by atoms with Gasteiger partial charge in [0.15, 0.2) is 0 Å². The molecule has 0 aliphatic heterocycles. The highest BCUT2D eigenvalue weighted by molar-refractivity contribution is 6.31. The molecule has 4 nitrogen and oxygen atoms in total. The molecule has 2 aromatic rings. The van der Waals surface area contributed by atoms with Gasteiger partial charge in [-0.2, -0.15) is 0 Å². The highest BCUT2D eigenvalue weighted by atomic mass is 35.5. The van der Waals surface area contributed by atoms with E-state index in [1.54, 1.807) is 39.0 Å². The first kappa shape index (κ1) is 14.3. The van der Waals surface area contributed by atoms with E-state index >= 15 is 0 Å². The summed E-state index contributed by atoms with van der Waals surface area (Å²) < 4.78 is 1.39. The molecule has 0 atom stereocenters. The standard InChI is InChI=1S/C15H14ClNO3/c1-8-7-13(18)17(10(3)14(8)15(19)20)12-6-4-5-11(16)9(12)2/h4-7H,1-3H3,(H,19,20). The number of carboxylic acid groups (broad SMARTS) is 1. The van der Waals surface area contributed by atoms with Crippen molar-refractivity contribution < 1.29 is 9.90 Å². The molecule has 2 rings (SSSR count). The summed E-state index contributed by atoms with van der Waals surface area (Å²) in [7, 11) is 0. The van der Waals surface area contributed by atoms with E-state index in [-0.39, 0.29) is 11.1 Å². The molecule has 5 heteroatoms. The zero-order valence-corrected chi connectivity index (χ0v) is 12.2. The van der Waals surface area contributed by atoms with Crippen molar-refractivity contribution >= 4 is 17.6 Å². The quantitative estimate of drug-likeness (QED) is 0.925. The van der Waals surface area contributed by atoms with E-state index in [4.69, 9.17) is 11.6 Å². The molecular weight excluding hydrogens is 278 g/mol. The Morgan fingerprint density at radius 3 is 2.50 bits per heavy atom. The molecule has 20 heavy (non-hydrogen) atoms. The van der Waals surface area contributed by atoms with E-state index in [1.165, 1.54) is 10.6 Å². The second-order valence-electron chi connectivity index (χ2n) is 4.65. The van der Waals surface area contributed by atoms with Gasteiger partial charge in [0.2, 0.25) is 0 Å². The van der Waals surface area contributed by atoms with Gasteiger partial charge in [0, 0.05) is 16.8 Å². The Hall–Kier alpha value is -2.07. The first-order valence-electron chi connectivity index (χ1n) is 6.06. The molecule has 0 aliphatic carbocycles. The molecule has 1 N–H and O–H groups in total. The van der Waals surface area contributed by atoms with Crippen LogP contribution >= 0.6 is 11.6 Å². The number of halogens is 1. The van der Waals surface area contributed by atoms with Gasteiger partial charge in [0.05, 0.1) is 11.3 Å². The normalized spacial score (nSPS) is 10.6. The largest absolute Gasteiger partial charge is 0.478 e. The average Bonchev–Trinajstić information content (AvgIpc) is 2.33. The molecule has 0 saturated heterocycles. The van der Waals surface area contributed by atoms with Crippen molar-refractivity contribution in [2.24, 2.45) is 0 Å². The van der Waals surface area contributed by atoms with Crippen molar-refractivity contribution in [2.45, 2.75) is 20.8 Å². The molecule has 104 valence electrons. The molecule has 0 spiro atoms. The van der Waals surface area contributed by atoms with Gasteiger partial charge < -0.3 is 5.11 Å². The SMILES string of the molecule is Cc1cc(=O)n(-c2cccc(Cl)c2C)c(C)c1C(=O)O. The van der Waals surface area contributed by atoms with E-state index in [0.29, 0.717) is 22.0 Å². The van der Waals surface area contributed by atoms with E-state index in [0.717, 1.165) is 5.56 Å². The Labute approximate surface area is 121 Å². The lowest BCUT2D eigenvalue weighted by Crippen LogP contribution is -2.24. The maximum absolute atomic E-state index is 12.2. The second kappa shape index (κ2) is 5.13. The summed E-state index contributed by atoms with van der Waals surface area (Å²) in [5, 5.41) is 9.82. The number of aromatic carboxylic acids is 1. The van der Waals surface area contributed by atoms with Gasteiger partial charge in [-0.25, -0.2) is 4.79 Å². The fourth-order valence-corrected chi connectivity index (χ4v) is 2.52. The zero-order valence-electron chi connectivity index (χ0n) is 11.4. The van der Waals surface area contributed by atoms with Gasteiger partial charge in [-0.05, 0) is 44.0 Å². The number of benzene rings is 1. The predicted molar refractivity (Wildman–Crippen MR) is 78.2 cm³/mol. The Morgan fingerprint density at radius 1 is 1.25 bits per heavy atom. The van der Waals surface area contributed by atoms with Gasteiger partial charge in [-0.1, -0.05) is 17.7 Å². The van der Waals surface area contributed by atoms with Crippen LogP contribution in [0.5, 0.6) is 0 Å². The van der Waals surface area contributed by atoms with Gasteiger partial charge in [0.25, 0.3) is 5.56 Å². The van der Waals surface area contributed by atoms with Crippen molar-refractivity contribution in [1.82, 2.24) is 4.57 Å². The monoisotopic (exact) mass is 291 g/mol. The van der Waals surface area contributed by atoms with Crippen molar-refractivity contribution in [2.75, 3.05) is 0 Å². The number of carboxylic acids is 1. The minimum absolute atomic E-state index is 0.143. The van der Waals surface area contributed by atoms with Crippen molar-refractivity contribution in [3.05, 3.63) is 62.0 Å². The molecule has 0 amide bonds. The van der Waals surface area contributed by atoms with Crippen LogP contribution < -0.4 is 5.56 Å². The summed E-state index contributed by atoms with van der Waals surface area (Å²) in [4.78, 5) is 23.6. The Kier molecular flexibility index (Phi) is 3.68. The van der Waals surface area contributed by atoms with Gasteiger partial charge in [0.1, 0.15) is 0 Å². The molecule has 0 fully saturated rings. The number of carbonyl (C=O) groups is 1. The molecule has 0 unspecified atom stereocenters. The van der Waals surface area contributed by atoms with Crippen LogP contribution in [-0.4, -0.2) is 15.6 Å². The highest BCUT2D eigenvalue weighted by Crippen LogP contribution is 2.23. The number of aryl methyl sites for hydroxylation is 1. The van der Waals surface area contributed by atoms with E-state index in [1.807, 2.05) is 0 Å². The Morgan fingerprint density at radius 2 is 1.90 bits per heavy atom. The van der Waals surface area contributed by atoms with Gasteiger partial charge >= 0.3 is 5.97 Å². The number of rotatable bonds is 2. The minimum atomic E-state index is -1.05. The van der Waals surface area contributed by atoms with Crippen molar-refractivity contribution in [1.29, 1.82) is 0 Å². The molecule has 0 aliphatic rings. The van der Waals surface area contributed by atoms with Crippen LogP contribution in [0.3, 0.4) is 0 Å². The molecule has 1 heterocycles. The third-order valence-electron chi connectivity index (χ3n) is 3.35. The summed E-state index contributed by atoms with van der Waals surface area (Å²) in [5.74, 6) is -1.05. The van der Waals surface area contributed by atoms with Crippen molar-refractivity contribution in [3.63, 3.8) is 0 Å². The lowest BCUT2D eigenvalue weighted by molar-refractivity contribution is 0.0694. The molecule has 0 saturated carbocycles. The highest BCUT2D eigenvalue weighted by Gasteiger charge is 2.18. The third kappa shape index (κ3) is 2.23. The number of nitrogens with zero attached hydrogens (tertiary/aromatic N) is 1. The van der Waals surface area contributed by atoms with Crippen LogP contribution in [0.1, 0.15) is 27.2 Å². The van der Waals surface area contributed by atoms with Crippen molar-refractivity contribution in [3.8, 4) is 5.69 Å². The summed E-state index contributed by atoms with van der Waals surface area (Å²) in [6.07, 6.45) is 0. The Bertz CT molecular complexity index is 762. The fourth-order valence-electron chi connectivity index (χ4n) is 2.35. The lowest BCUT2D eigenvalue weighted by atomic mass is 10.1. The number of hydrogen-bond donors (Lipinski definition) is 1. The van der Waals surface area contributed by atoms with Gasteiger partial charge in [-0.3, -0.25) is 9.36 Å². The number of hydrogen-bond acceptors (Lipinski definition) is 2. The maximum Gasteiger partial charge on any atom is 0.337 e. The van der Waals surface area contributed by atoms with Gasteiger partial charge in [-0.15, -0.1) is 0 Å². The lowest BCUT2D eigenvalue weighted by Gasteiger charge is -2.16. The minimum Gasteiger partial charge on any atom is -0.478 e. The molecule has 1 aromatic carbocycles. The molecule has 0 radical (unpaired) electrons. The van der Waals surface area contributed by atoms with E-state index in [9.17, 15) is 14.7 Å². The maximum atomic E-state index is 12.2. The van der Waals surface area contributed by atoms with Crippen LogP contribution in [0.4, 0.5) is 0 Å². The van der Waals surface area contributed by atoms with Crippen LogP contribution in [0.15, 0.2) is 29.1 Å². The van der Waals surface area contributed by atoms with Crippen LogP contribution in [0.2, 0.25) is 5.02 Å². The number of pyridine rings is 1. The van der Waals surface area contributed by atoms with E-state index in [2.05, 4.69) is 0 Å². The first-order valence-corrected chi connectivity index (χ1v) is 6.44. The Balaban J connectivity index is 2.88. The molecule has 0 bridgehead atoms. The molecule has 1 aromatic heterocycles. The predicted octanol–water partition coefficient (Wildman–Crippen LogP) is 3.11. The molecular formula is C15H14ClNO3. The topological polar surface area (TPSA) is 59.3 Å². The fraction of sp³-hybridized carbons (Fsp3) is 0.200. The van der Waals surface area contributed by atoms with Crippen LogP contribution in [-0.2, 0) is 0 Å². The smallest absolute Gasteiger partial charge is 0.337 e. The summed E-state index contributed by atoms with van der Waals surface area (Å²) in [6, 6.07) is 6.54. The second-order valence-corrected chi connectivity index (χ2v) is 5.06. The van der Waals surface area contributed by atoms with Crippen LogP contribution in [0.25, 0.3) is 5.69 Å². The average molecular weight is 292 g/mol. The zero-order chi connectivity index (χ0) is 15.0. The van der Waals surface area contributed by atoms with E-state index < -0.39 is 5.97 Å². The third-order valence-corrected chi connectivity index (χ3v) is 3.76. The van der Waals surface area contributed by atoms with Crippen LogP contribution in [0, 0.1) is 20.8 Å². The first-order chi connectivity index (χ1) is 9.34. The number of aromatic nitrogens is 1. The summed E-state index contributed by atoms with van der Waals surface area (Å²) >= 11 is 6.07.